The van der Waals surface area contributed by atoms with Crippen LogP contribution in [0.2, 0.25) is 0 Å². The molecule has 0 aromatic rings. The largest absolute Gasteiger partial charge is 0.386 e. The molecule has 2 aliphatic rings. The lowest BCUT2D eigenvalue weighted by molar-refractivity contribution is -0.0275. The van der Waals surface area contributed by atoms with E-state index in [1.54, 1.807) is 0 Å². The standard InChI is InChI=1S/C11H21NO4S/c1-9-11(13,4-5-16-9)8-12-10-3-2-6-17(14,15)7-10/h9-10,12-13H,2-8H2,1H3. The van der Waals surface area contributed by atoms with Crippen LogP contribution in [0.4, 0.5) is 0 Å². The predicted octanol–water partition coefficient (Wildman–Crippen LogP) is -0.307. The highest BCUT2D eigenvalue weighted by molar-refractivity contribution is 7.91. The van der Waals surface area contributed by atoms with Crippen molar-refractivity contribution in [2.45, 2.75) is 43.9 Å². The van der Waals surface area contributed by atoms with Gasteiger partial charge in [-0.2, -0.15) is 0 Å². The van der Waals surface area contributed by atoms with Crippen molar-refractivity contribution in [3.63, 3.8) is 0 Å². The predicted molar refractivity (Wildman–Crippen MR) is 64.7 cm³/mol. The van der Waals surface area contributed by atoms with Gasteiger partial charge in [0, 0.05) is 25.6 Å². The number of hydrogen-bond acceptors (Lipinski definition) is 5. The second-order valence-electron chi connectivity index (χ2n) is 5.20. The lowest BCUT2D eigenvalue weighted by Gasteiger charge is -2.30. The summed E-state index contributed by atoms with van der Waals surface area (Å²) in [6, 6.07) is -0.0226. The average Bonchev–Trinajstić information content (AvgIpc) is 2.56. The van der Waals surface area contributed by atoms with Crippen molar-refractivity contribution >= 4 is 9.84 Å². The smallest absolute Gasteiger partial charge is 0.151 e. The number of nitrogens with one attached hydrogen (secondary N) is 1. The normalized spacial score (nSPS) is 41.5. The van der Waals surface area contributed by atoms with Crippen molar-refractivity contribution in [3.05, 3.63) is 0 Å². The highest BCUT2D eigenvalue weighted by atomic mass is 32.2. The van der Waals surface area contributed by atoms with Gasteiger partial charge < -0.3 is 15.2 Å². The number of ether oxygens (including phenoxy) is 1. The Morgan fingerprint density at radius 3 is 2.88 bits per heavy atom. The van der Waals surface area contributed by atoms with Crippen molar-refractivity contribution in [3.8, 4) is 0 Å². The Bertz CT molecular complexity index is 370. The van der Waals surface area contributed by atoms with E-state index in [1.807, 2.05) is 6.92 Å². The van der Waals surface area contributed by atoms with Crippen molar-refractivity contribution in [1.82, 2.24) is 5.32 Å². The third kappa shape index (κ3) is 3.19. The van der Waals surface area contributed by atoms with Gasteiger partial charge in [0.05, 0.1) is 17.6 Å². The lowest BCUT2D eigenvalue weighted by atomic mass is 9.96. The molecule has 0 aromatic carbocycles. The van der Waals surface area contributed by atoms with Crippen molar-refractivity contribution in [2.24, 2.45) is 0 Å². The van der Waals surface area contributed by atoms with Crippen LogP contribution in [0.3, 0.4) is 0 Å². The Balaban J connectivity index is 1.86. The van der Waals surface area contributed by atoms with Gasteiger partial charge in [-0.1, -0.05) is 0 Å². The summed E-state index contributed by atoms with van der Waals surface area (Å²) < 4.78 is 28.3. The summed E-state index contributed by atoms with van der Waals surface area (Å²) in [5, 5.41) is 13.5. The van der Waals surface area contributed by atoms with E-state index in [1.165, 1.54) is 0 Å². The maximum Gasteiger partial charge on any atom is 0.151 e. The van der Waals surface area contributed by atoms with Gasteiger partial charge >= 0.3 is 0 Å². The Morgan fingerprint density at radius 1 is 1.53 bits per heavy atom. The van der Waals surface area contributed by atoms with E-state index in [-0.39, 0.29) is 17.9 Å². The SMILES string of the molecule is CC1OCCC1(O)CNC1CCCS(=O)(=O)C1. The lowest BCUT2D eigenvalue weighted by Crippen LogP contribution is -2.51. The molecule has 2 aliphatic heterocycles. The van der Waals surface area contributed by atoms with E-state index >= 15 is 0 Å². The Kier molecular flexibility index (Phi) is 3.77. The molecule has 0 saturated carbocycles. The number of hydrogen-bond donors (Lipinski definition) is 2. The maximum absolute atomic E-state index is 11.5. The van der Waals surface area contributed by atoms with Crippen molar-refractivity contribution in [1.29, 1.82) is 0 Å². The molecule has 0 aromatic heterocycles. The minimum Gasteiger partial charge on any atom is -0.386 e. The molecule has 3 unspecified atom stereocenters. The zero-order chi connectivity index (χ0) is 12.5. The number of rotatable bonds is 3. The topological polar surface area (TPSA) is 75.6 Å². The molecule has 2 rings (SSSR count). The van der Waals surface area contributed by atoms with Crippen LogP contribution in [-0.4, -0.2) is 55.9 Å². The minimum absolute atomic E-state index is 0.0226. The summed E-state index contributed by atoms with van der Waals surface area (Å²) in [5.41, 5.74) is -0.846. The van der Waals surface area contributed by atoms with Crippen LogP contribution in [0.15, 0.2) is 0 Å². The molecule has 0 radical (unpaired) electrons. The Labute approximate surface area is 102 Å². The Hall–Kier alpha value is -0.170. The van der Waals surface area contributed by atoms with E-state index in [0.717, 1.165) is 6.42 Å². The monoisotopic (exact) mass is 263 g/mol. The highest BCUT2D eigenvalue weighted by Gasteiger charge is 2.40. The van der Waals surface area contributed by atoms with E-state index in [9.17, 15) is 13.5 Å². The van der Waals surface area contributed by atoms with Crippen LogP contribution in [0.25, 0.3) is 0 Å². The van der Waals surface area contributed by atoms with Crippen LogP contribution in [0.1, 0.15) is 26.2 Å². The third-order valence-corrected chi connectivity index (χ3v) is 5.64. The molecule has 0 amide bonds. The quantitative estimate of drug-likeness (QED) is 0.731. The van der Waals surface area contributed by atoms with Gasteiger partial charge in [0.25, 0.3) is 0 Å². The van der Waals surface area contributed by atoms with Gasteiger partial charge in [-0.15, -0.1) is 0 Å². The molecule has 100 valence electrons. The van der Waals surface area contributed by atoms with E-state index in [4.69, 9.17) is 4.74 Å². The molecule has 2 N–H and O–H groups in total. The molecule has 2 fully saturated rings. The molecule has 2 heterocycles. The second-order valence-corrected chi connectivity index (χ2v) is 7.43. The molecule has 3 atom stereocenters. The van der Waals surface area contributed by atoms with Crippen LogP contribution in [-0.2, 0) is 14.6 Å². The number of aliphatic hydroxyl groups is 1. The molecular formula is C11H21NO4S. The first-order valence-electron chi connectivity index (χ1n) is 6.19. The number of sulfone groups is 1. The summed E-state index contributed by atoms with van der Waals surface area (Å²) in [5.74, 6) is 0.493. The first kappa shape index (κ1) is 13.3. The summed E-state index contributed by atoms with van der Waals surface area (Å²) in [7, 11) is -2.89. The van der Waals surface area contributed by atoms with Crippen LogP contribution >= 0.6 is 0 Å². The molecule has 0 aliphatic carbocycles. The van der Waals surface area contributed by atoms with Crippen LogP contribution in [0, 0.1) is 0 Å². The molecule has 2 saturated heterocycles. The summed E-state index contributed by atoms with van der Waals surface area (Å²) in [6.07, 6.45) is 2.01. The summed E-state index contributed by atoms with van der Waals surface area (Å²) in [4.78, 5) is 0. The molecule has 0 spiro atoms. The Morgan fingerprint density at radius 2 is 2.29 bits per heavy atom. The van der Waals surface area contributed by atoms with Crippen LogP contribution < -0.4 is 5.32 Å². The first-order valence-corrected chi connectivity index (χ1v) is 8.01. The first-order chi connectivity index (χ1) is 7.91. The summed E-state index contributed by atoms with van der Waals surface area (Å²) in [6.45, 7) is 2.84. The fourth-order valence-electron chi connectivity index (χ4n) is 2.51. The molecule has 5 nitrogen and oxygen atoms in total. The fraction of sp³-hybridized carbons (Fsp3) is 1.00. The van der Waals surface area contributed by atoms with Gasteiger partial charge in [-0.3, -0.25) is 0 Å². The molecule has 0 bridgehead atoms. The van der Waals surface area contributed by atoms with E-state index in [0.29, 0.717) is 31.7 Å². The maximum atomic E-state index is 11.5. The fourth-order valence-corrected chi connectivity index (χ4v) is 4.18. The van der Waals surface area contributed by atoms with Gasteiger partial charge in [-0.25, -0.2) is 8.42 Å². The van der Waals surface area contributed by atoms with Crippen LogP contribution in [0.5, 0.6) is 0 Å². The third-order valence-electron chi connectivity index (χ3n) is 3.82. The van der Waals surface area contributed by atoms with Gasteiger partial charge in [-0.05, 0) is 19.8 Å². The van der Waals surface area contributed by atoms with Gasteiger partial charge in [0.1, 0.15) is 5.60 Å². The minimum atomic E-state index is -2.89. The second kappa shape index (κ2) is 4.84. The van der Waals surface area contributed by atoms with Crippen molar-refractivity contribution < 1.29 is 18.3 Å². The zero-order valence-corrected chi connectivity index (χ0v) is 11.0. The summed E-state index contributed by atoms with van der Waals surface area (Å²) >= 11 is 0. The zero-order valence-electron chi connectivity index (χ0n) is 10.2. The highest BCUT2D eigenvalue weighted by Crippen LogP contribution is 2.25. The molecular weight excluding hydrogens is 242 g/mol. The molecule has 6 heteroatoms. The molecule has 17 heavy (non-hydrogen) atoms. The average molecular weight is 263 g/mol. The van der Waals surface area contributed by atoms with Gasteiger partial charge in [0.2, 0.25) is 0 Å². The van der Waals surface area contributed by atoms with Crippen molar-refractivity contribution in [2.75, 3.05) is 24.7 Å². The van der Waals surface area contributed by atoms with E-state index < -0.39 is 15.4 Å². The van der Waals surface area contributed by atoms with E-state index in [2.05, 4.69) is 5.32 Å². The van der Waals surface area contributed by atoms with Gasteiger partial charge in [0.15, 0.2) is 9.84 Å².